The van der Waals surface area contributed by atoms with Gasteiger partial charge in [0.1, 0.15) is 11.3 Å². The Bertz CT molecular complexity index is 1180. The van der Waals surface area contributed by atoms with Crippen molar-refractivity contribution < 1.29 is 9.72 Å². The number of carbonyl (C=O) groups excluding carboxylic acids is 1. The van der Waals surface area contributed by atoms with E-state index < -0.39 is 22.1 Å². The molecule has 142 valence electrons. The highest BCUT2D eigenvalue weighted by atomic mass is 35.5. The highest BCUT2D eigenvalue weighted by molar-refractivity contribution is 6.31. The second kappa shape index (κ2) is 7.89. The molecule has 0 radical (unpaired) electrons. The van der Waals surface area contributed by atoms with Gasteiger partial charge in [0, 0.05) is 17.3 Å². The highest BCUT2D eigenvalue weighted by Gasteiger charge is 2.19. The lowest BCUT2D eigenvalue weighted by molar-refractivity contribution is -0.383. The second-order valence-electron chi connectivity index (χ2n) is 5.72. The van der Waals surface area contributed by atoms with Crippen LogP contribution in [0, 0.1) is 10.1 Å². The van der Waals surface area contributed by atoms with E-state index in [1.165, 1.54) is 24.3 Å². The SMILES string of the molecule is O=C(Nc1ccccc1[N+](=O)[O-])c1c[nH]c(=O)n(Cc2ccccc2Cl)c1=O. The van der Waals surface area contributed by atoms with Crippen molar-refractivity contribution in [1.29, 1.82) is 0 Å². The fraction of sp³-hybridized carbons (Fsp3) is 0.0556. The zero-order chi connectivity index (χ0) is 20.3. The van der Waals surface area contributed by atoms with Crippen LogP contribution in [0.1, 0.15) is 15.9 Å². The topological polar surface area (TPSA) is 127 Å². The molecule has 1 aromatic heterocycles. The molecular weight excluding hydrogens is 388 g/mol. The molecule has 0 saturated carbocycles. The number of benzene rings is 2. The summed E-state index contributed by atoms with van der Waals surface area (Å²) in [6.45, 7) is -0.138. The Balaban J connectivity index is 1.97. The minimum absolute atomic E-state index is 0.0687. The van der Waals surface area contributed by atoms with E-state index in [0.717, 1.165) is 10.8 Å². The number of hydrogen-bond donors (Lipinski definition) is 2. The molecule has 0 aliphatic carbocycles. The van der Waals surface area contributed by atoms with Crippen molar-refractivity contribution in [3.8, 4) is 0 Å². The van der Waals surface area contributed by atoms with Gasteiger partial charge in [-0.05, 0) is 17.7 Å². The van der Waals surface area contributed by atoms with Crippen molar-refractivity contribution >= 4 is 28.9 Å². The summed E-state index contributed by atoms with van der Waals surface area (Å²) in [5.74, 6) is -0.886. The molecule has 0 fully saturated rings. The number of carbonyl (C=O) groups is 1. The first-order valence-electron chi connectivity index (χ1n) is 7.99. The van der Waals surface area contributed by atoms with E-state index in [9.17, 15) is 24.5 Å². The number of halogens is 1. The standard InChI is InChI=1S/C18H13ClN4O5/c19-13-6-2-1-5-11(13)10-22-17(25)12(9-20-18(22)26)16(24)21-14-7-3-4-8-15(14)23(27)28/h1-9H,10H2,(H,20,26)(H,21,24). The number of aromatic amines is 1. The van der Waals surface area contributed by atoms with Gasteiger partial charge in [-0.2, -0.15) is 0 Å². The lowest BCUT2D eigenvalue weighted by Crippen LogP contribution is -2.39. The Morgan fingerprint density at radius 1 is 1.14 bits per heavy atom. The molecule has 0 saturated heterocycles. The normalized spacial score (nSPS) is 10.5. The van der Waals surface area contributed by atoms with Crippen LogP contribution >= 0.6 is 11.6 Å². The molecule has 0 aliphatic rings. The van der Waals surface area contributed by atoms with Crippen LogP contribution in [0.4, 0.5) is 11.4 Å². The predicted molar refractivity (Wildman–Crippen MR) is 103 cm³/mol. The minimum Gasteiger partial charge on any atom is -0.316 e. The van der Waals surface area contributed by atoms with E-state index in [-0.39, 0.29) is 23.5 Å². The molecule has 0 unspecified atom stereocenters. The van der Waals surface area contributed by atoms with E-state index in [2.05, 4.69) is 10.3 Å². The van der Waals surface area contributed by atoms with E-state index >= 15 is 0 Å². The van der Waals surface area contributed by atoms with E-state index in [0.29, 0.717) is 10.6 Å². The van der Waals surface area contributed by atoms with Gasteiger partial charge in [-0.25, -0.2) is 4.79 Å². The number of nitro benzene ring substituents is 1. The lowest BCUT2D eigenvalue weighted by Gasteiger charge is -2.09. The molecule has 0 spiro atoms. The Labute approximate surface area is 162 Å². The van der Waals surface area contributed by atoms with Gasteiger partial charge in [0.15, 0.2) is 0 Å². The number of nitrogens with zero attached hydrogens (tertiary/aromatic N) is 2. The number of aromatic nitrogens is 2. The Hall–Kier alpha value is -3.72. The van der Waals surface area contributed by atoms with Gasteiger partial charge in [-0.3, -0.25) is 24.3 Å². The molecule has 1 amide bonds. The summed E-state index contributed by atoms with van der Waals surface area (Å²) in [6.07, 6.45) is 0.970. The molecule has 28 heavy (non-hydrogen) atoms. The fourth-order valence-corrected chi connectivity index (χ4v) is 2.74. The van der Waals surface area contributed by atoms with Crippen molar-refractivity contribution in [2.75, 3.05) is 5.32 Å². The van der Waals surface area contributed by atoms with E-state index in [4.69, 9.17) is 11.6 Å². The number of amides is 1. The lowest BCUT2D eigenvalue weighted by atomic mass is 10.2. The summed E-state index contributed by atoms with van der Waals surface area (Å²) in [5.41, 5.74) is -1.80. The molecule has 1 heterocycles. The summed E-state index contributed by atoms with van der Waals surface area (Å²) in [6, 6.07) is 12.2. The van der Waals surface area contributed by atoms with Gasteiger partial charge in [0.2, 0.25) is 0 Å². The van der Waals surface area contributed by atoms with Crippen LogP contribution in [-0.4, -0.2) is 20.4 Å². The van der Waals surface area contributed by atoms with Crippen molar-refractivity contribution in [1.82, 2.24) is 9.55 Å². The van der Waals surface area contributed by atoms with Crippen LogP contribution in [-0.2, 0) is 6.54 Å². The first kappa shape index (κ1) is 19.1. The van der Waals surface area contributed by atoms with Gasteiger partial charge in [0.25, 0.3) is 17.2 Å². The summed E-state index contributed by atoms with van der Waals surface area (Å²) in [7, 11) is 0. The zero-order valence-corrected chi connectivity index (χ0v) is 15.0. The Morgan fingerprint density at radius 3 is 2.54 bits per heavy atom. The second-order valence-corrected chi connectivity index (χ2v) is 6.13. The minimum atomic E-state index is -0.886. The number of H-pyrrole nitrogens is 1. The molecule has 0 aliphatic heterocycles. The zero-order valence-electron chi connectivity index (χ0n) is 14.2. The fourth-order valence-electron chi connectivity index (χ4n) is 2.54. The van der Waals surface area contributed by atoms with Gasteiger partial charge < -0.3 is 10.3 Å². The van der Waals surface area contributed by atoms with Crippen LogP contribution in [0.15, 0.2) is 64.3 Å². The molecule has 0 atom stereocenters. The number of hydrogen-bond acceptors (Lipinski definition) is 5. The summed E-state index contributed by atoms with van der Waals surface area (Å²) in [5, 5.41) is 13.8. The average molecular weight is 401 g/mol. The maximum absolute atomic E-state index is 12.7. The summed E-state index contributed by atoms with van der Waals surface area (Å²) < 4.78 is 0.829. The largest absolute Gasteiger partial charge is 0.328 e. The maximum atomic E-state index is 12.7. The van der Waals surface area contributed by atoms with Gasteiger partial charge in [-0.15, -0.1) is 0 Å². The third-order valence-corrected chi connectivity index (χ3v) is 4.31. The maximum Gasteiger partial charge on any atom is 0.328 e. The molecule has 10 heteroatoms. The quantitative estimate of drug-likeness (QED) is 0.502. The van der Waals surface area contributed by atoms with Gasteiger partial charge in [0.05, 0.1) is 11.5 Å². The van der Waals surface area contributed by atoms with E-state index in [1.807, 2.05) is 0 Å². The van der Waals surface area contributed by atoms with Crippen molar-refractivity contribution in [3.05, 3.63) is 102 Å². The van der Waals surface area contributed by atoms with Gasteiger partial charge in [-0.1, -0.05) is 41.9 Å². The number of nitrogens with one attached hydrogen (secondary N) is 2. The first-order valence-corrected chi connectivity index (χ1v) is 8.37. The smallest absolute Gasteiger partial charge is 0.316 e. The summed E-state index contributed by atoms with van der Waals surface area (Å²) in [4.78, 5) is 50.0. The third kappa shape index (κ3) is 3.84. The third-order valence-electron chi connectivity index (χ3n) is 3.94. The van der Waals surface area contributed by atoms with Crippen molar-refractivity contribution in [3.63, 3.8) is 0 Å². The molecule has 3 aromatic rings. The molecule has 9 nitrogen and oxygen atoms in total. The monoisotopic (exact) mass is 400 g/mol. The van der Waals surface area contributed by atoms with Crippen molar-refractivity contribution in [2.45, 2.75) is 6.54 Å². The Kier molecular flexibility index (Phi) is 5.37. The number of para-hydroxylation sites is 2. The van der Waals surface area contributed by atoms with Crippen LogP contribution in [0.5, 0.6) is 0 Å². The number of nitro groups is 1. The molecular formula is C18H13ClN4O5. The van der Waals surface area contributed by atoms with Crippen LogP contribution in [0.3, 0.4) is 0 Å². The predicted octanol–water partition coefficient (Wildman–Crippen LogP) is 2.40. The van der Waals surface area contributed by atoms with Crippen LogP contribution < -0.4 is 16.6 Å². The van der Waals surface area contributed by atoms with Crippen LogP contribution in [0.2, 0.25) is 5.02 Å². The van der Waals surface area contributed by atoms with Crippen LogP contribution in [0.25, 0.3) is 0 Å². The van der Waals surface area contributed by atoms with Gasteiger partial charge >= 0.3 is 5.69 Å². The molecule has 0 bridgehead atoms. The number of rotatable bonds is 5. The number of anilines is 1. The average Bonchev–Trinajstić information content (AvgIpc) is 2.66. The Morgan fingerprint density at radius 2 is 1.82 bits per heavy atom. The molecule has 2 N–H and O–H groups in total. The molecule has 3 rings (SSSR count). The van der Waals surface area contributed by atoms with Crippen molar-refractivity contribution in [2.24, 2.45) is 0 Å². The molecule has 2 aromatic carbocycles. The summed E-state index contributed by atoms with van der Waals surface area (Å²) >= 11 is 6.06. The first-order chi connectivity index (χ1) is 13.4. The highest BCUT2D eigenvalue weighted by Crippen LogP contribution is 2.23. The van der Waals surface area contributed by atoms with E-state index in [1.54, 1.807) is 24.3 Å².